The van der Waals surface area contributed by atoms with E-state index in [1.807, 2.05) is 6.07 Å². The highest BCUT2D eigenvalue weighted by Gasteiger charge is 2.17. The molecule has 18 heavy (non-hydrogen) atoms. The second-order valence-electron chi connectivity index (χ2n) is 3.45. The van der Waals surface area contributed by atoms with E-state index >= 15 is 0 Å². The Kier molecular flexibility index (Phi) is 3.45. The predicted molar refractivity (Wildman–Crippen MR) is 68.5 cm³/mol. The molecule has 0 radical (unpaired) electrons. The SMILES string of the molecule is N#Cc1cc(S(=O)(=O)c2ccc(Br)cc2)ccn1. The van der Waals surface area contributed by atoms with Gasteiger partial charge in [0.1, 0.15) is 11.8 Å². The van der Waals surface area contributed by atoms with Crippen molar-refractivity contribution in [2.45, 2.75) is 9.79 Å². The Morgan fingerprint density at radius 2 is 1.78 bits per heavy atom. The third kappa shape index (κ3) is 2.42. The normalized spacial score (nSPS) is 10.9. The maximum absolute atomic E-state index is 12.3. The Bertz CT molecular complexity index is 718. The lowest BCUT2D eigenvalue weighted by molar-refractivity contribution is 0.596. The smallest absolute Gasteiger partial charge is 0.206 e. The summed E-state index contributed by atoms with van der Waals surface area (Å²) in [5.41, 5.74) is 0.0770. The number of sulfone groups is 1. The van der Waals surface area contributed by atoms with E-state index in [1.54, 1.807) is 12.1 Å². The molecule has 0 amide bonds. The van der Waals surface area contributed by atoms with Gasteiger partial charge in [-0.3, -0.25) is 0 Å². The van der Waals surface area contributed by atoms with Gasteiger partial charge in [-0.05, 0) is 36.4 Å². The number of nitriles is 1. The van der Waals surface area contributed by atoms with Crippen LogP contribution in [0.3, 0.4) is 0 Å². The van der Waals surface area contributed by atoms with E-state index in [0.29, 0.717) is 0 Å². The van der Waals surface area contributed by atoms with Crippen molar-refractivity contribution in [2.24, 2.45) is 0 Å². The molecule has 0 aliphatic rings. The maximum atomic E-state index is 12.3. The molecule has 0 unspecified atom stereocenters. The van der Waals surface area contributed by atoms with Gasteiger partial charge < -0.3 is 0 Å². The number of benzene rings is 1. The second kappa shape index (κ2) is 4.88. The van der Waals surface area contributed by atoms with Gasteiger partial charge in [-0.2, -0.15) is 5.26 Å². The fourth-order valence-electron chi connectivity index (χ4n) is 1.39. The zero-order valence-electron chi connectivity index (χ0n) is 9.04. The zero-order chi connectivity index (χ0) is 13.2. The second-order valence-corrected chi connectivity index (χ2v) is 6.31. The Hall–Kier alpha value is -1.71. The molecule has 6 heteroatoms. The van der Waals surface area contributed by atoms with E-state index in [0.717, 1.165) is 4.47 Å². The molecule has 1 aromatic carbocycles. The van der Waals surface area contributed by atoms with Gasteiger partial charge in [0.05, 0.1) is 9.79 Å². The Morgan fingerprint density at radius 1 is 1.11 bits per heavy atom. The molecule has 90 valence electrons. The Morgan fingerprint density at radius 3 is 2.39 bits per heavy atom. The van der Waals surface area contributed by atoms with E-state index in [2.05, 4.69) is 20.9 Å². The van der Waals surface area contributed by atoms with Crippen LogP contribution in [-0.2, 0) is 9.84 Å². The quantitative estimate of drug-likeness (QED) is 0.851. The molecule has 2 aromatic rings. The van der Waals surface area contributed by atoms with Gasteiger partial charge in [0.15, 0.2) is 0 Å². The van der Waals surface area contributed by atoms with Crippen molar-refractivity contribution < 1.29 is 8.42 Å². The Labute approximate surface area is 113 Å². The van der Waals surface area contributed by atoms with E-state index in [4.69, 9.17) is 5.26 Å². The first-order valence-corrected chi connectivity index (χ1v) is 7.18. The van der Waals surface area contributed by atoms with Gasteiger partial charge in [0, 0.05) is 10.7 Å². The molecule has 0 atom stereocenters. The molecule has 0 saturated carbocycles. The maximum Gasteiger partial charge on any atom is 0.206 e. The first-order chi connectivity index (χ1) is 8.54. The summed E-state index contributed by atoms with van der Waals surface area (Å²) >= 11 is 3.24. The molecule has 0 aliphatic heterocycles. The summed E-state index contributed by atoms with van der Waals surface area (Å²) < 4.78 is 25.3. The molecule has 0 spiro atoms. The third-order valence-corrected chi connectivity index (χ3v) is 4.58. The molecule has 0 aliphatic carbocycles. The molecule has 0 fully saturated rings. The first-order valence-electron chi connectivity index (χ1n) is 4.91. The molecule has 0 bridgehead atoms. The molecular weight excluding hydrogens is 316 g/mol. The van der Waals surface area contributed by atoms with E-state index < -0.39 is 9.84 Å². The first kappa shape index (κ1) is 12.7. The van der Waals surface area contributed by atoms with Crippen molar-refractivity contribution in [3.8, 4) is 6.07 Å². The number of pyridine rings is 1. The van der Waals surface area contributed by atoms with Crippen molar-refractivity contribution in [2.75, 3.05) is 0 Å². The van der Waals surface area contributed by atoms with E-state index in [1.165, 1.54) is 30.5 Å². The lowest BCUT2D eigenvalue weighted by Gasteiger charge is -2.04. The molecule has 0 saturated heterocycles. The van der Waals surface area contributed by atoms with Gasteiger partial charge in [-0.1, -0.05) is 15.9 Å². The fraction of sp³-hybridized carbons (Fsp3) is 0. The average Bonchev–Trinajstić information content (AvgIpc) is 2.39. The van der Waals surface area contributed by atoms with Crippen LogP contribution in [0.25, 0.3) is 0 Å². The number of nitrogens with zero attached hydrogens (tertiary/aromatic N) is 2. The van der Waals surface area contributed by atoms with Crippen LogP contribution in [0, 0.1) is 11.3 Å². The van der Waals surface area contributed by atoms with Crippen molar-refractivity contribution in [1.82, 2.24) is 4.98 Å². The molecule has 1 heterocycles. The number of rotatable bonds is 2. The summed E-state index contributed by atoms with van der Waals surface area (Å²) in [6, 6.07) is 10.8. The monoisotopic (exact) mass is 322 g/mol. The van der Waals surface area contributed by atoms with Gasteiger partial charge >= 0.3 is 0 Å². The van der Waals surface area contributed by atoms with Crippen LogP contribution in [0.4, 0.5) is 0 Å². The minimum atomic E-state index is -3.60. The molecule has 1 aromatic heterocycles. The van der Waals surface area contributed by atoms with Crippen LogP contribution in [0.5, 0.6) is 0 Å². The van der Waals surface area contributed by atoms with Gasteiger partial charge in [-0.15, -0.1) is 0 Å². The van der Waals surface area contributed by atoms with Crippen molar-refractivity contribution in [3.63, 3.8) is 0 Å². The summed E-state index contributed by atoms with van der Waals surface area (Å²) in [6.07, 6.45) is 1.31. The standard InChI is InChI=1S/C12H7BrN2O2S/c13-9-1-3-11(4-2-9)18(16,17)12-5-6-15-10(7-12)8-14/h1-7H. The van der Waals surface area contributed by atoms with Crippen LogP contribution in [0.15, 0.2) is 56.9 Å². The van der Waals surface area contributed by atoms with Crippen molar-refractivity contribution >= 4 is 25.8 Å². The van der Waals surface area contributed by atoms with Crippen LogP contribution >= 0.6 is 15.9 Å². The number of aromatic nitrogens is 1. The minimum Gasteiger partial charge on any atom is -0.245 e. The van der Waals surface area contributed by atoms with Crippen molar-refractivity contribution in [3.05, 3.63) is 52.8 Å². The Balaban J connectivity index is 2.55. The van der Waals surface area contributed by atoms with Crippen LogP contribution in [0.1, 0.15) is 5.69 Å². The van der Waals surface area contributed by atoms with Crippen LogP contribution in [-0.4, -0.2) is 13.4 Å². The van der Waals surface area contributed by atoms with Crippen LogP contribution < -0.4 is 0 Å². The fourth-order valence-corrected chi connectivity index (χ4v) is 2.93. The van der Waals surface area contributed by atoms with Crippen molar-refractivity contribution in [1.29, 1.82) is 5.26 Å². The van der Waals surface area contributed by atoms with Gasteiger partial charge in [-0.25, -0.2) is 13.4 Å². The summed E-state index contributed by atoms with van der Waals surface area (Å²) in [5, 5.41) is 8.72. The predicted octanol–water partition coefficient (Wildman–Crippen LogP) is 2.55. The third-order valence-electron chi connectivity index (χ3n) is 2.28. The molecule has 4 nitrogen and oxygen atoms in total. The lowest BCUT2D eigenvalue weighted by atomic mass is 10.4. The summed E-state index contributed by atoms with van der Waals surface area (Å²) in [5.74, 6) is 0. The molecule has 0 N–H and O–H groups in total. The summed E-state index contributed by atoms with van der Waals surface area (Å²) in [4.78, 5) is 3.99. The van der Waals surface area contributed by atoms with E-state index in [9.17, 15) is 8.42 Å². The highest BCUT2D eigenvalue weighted by molar-refractivity contribution is 9.10. The zero-order valence-corrected chi connectivity index (χ0v) is 11.4. The van der Waals surface area contributed by atoms with Crippen LogP contribution in [0.2, 0.25) is 0 Å². The topological polar surface area (TPSA) is 70.8 Å². The minimum absolute atomic E-state index is 0.0661. The average molecular weight is 323 g/mol. The summed E-state index contributed by atoms with van der Waals surface area (Å²) in [7, 11) is -3.60. The number of hydrogen-bond donors (Lipinski definition) is 0. The lowest BCUT2D eigenvalue weighted by Crippen LogP contribution is -2.02. The highest BCUT2D eigenvalue weighted by atomic mass is 79.9. The molecule has 2 rings (SSSR count). The summed E-state index contributed by atoms with van der Waals surface area (Å²) in [6.45, 7) is 0. The largest absolute Gasteiger partial charge is 0.245 e. The van der Waals surface area contributed by atoms with Gasteiger partial charge in [0.2, 0.25) is 9.84 Å². The molecular formula is C12H7BrN2O2S. The number of halogens is 1. The number of hydrogen-bond acceptors (Lipinski definition) is 4. The van der Waals surface area contributed by atoms with E-state index in [-0.39, 0.29) is 15.5 Å². The van der Waals surface area contributed by atoms with Gasteiger partial charge in [0.25, 0.3) is 0 Å². The highest BCUT2D eigenvalue weighted by Crippen LogP contribution is 2.22.